The van der Waals surface area contributed by atoms with Gasteiger partial charge in [0.1, 0.15) is 0 Å². The number of benzene rings is 1. The molecule has 5 nitrogen and oxygen atoms in total. The lowest BCUT2D eigenvalue weighted by Gasteiger charge is -2.16. The highest BCUT2D eigenvalue weighted by Crippen LogP contribution is 2.34. The molecule has 0 spiro atoms. The number of fused-ring (bicyclic) bond motifs is 1. The average molecular weight is 390 g/mol. The number of halogens is 1. The highest BCUT2D eigenvalue weighted by atomic mass is 35.5. The number of hydrogen-bond donors (Lipinski definition) is 2. The molecule has 1 saturated carbocycles. The molecule has 0 radical (unpaired) electrons. The molecule has 0 saturated heterocycles. The number of rotatable bonds is 5. The predicted octanol–water partition coefficient (Wildman–Crippen LogP) is 3.03. The molecule has 8 heteroatoms. The smallest absolute Gasteiger partial charge is 0.240 e. The first-order valence-electron chi connectivity index (χ1n) is 7.84. The second kappa shape index (κ2) is 6.88. The maximum atomic E-state index is 12.6. The molecule has 1 unspecified atom stereocenters. The molecule has 1 aliphatic rings. The molecule has 0 amide bonds. The third kappa shape index (κ3) is 4.08. The van der Waals surface area contributed by atoms with Gasteiger partial charge in [-0.25, -0.2) is 18.1 Å². The number of nitrogens with two attached hydrogens (primary N) is 1. The minimum atomic E-state index is -3.55. The second-order valence-corrected chi connectivity index (χ2v) is 9.94. The lowest BCUT2D eigenvalue weighted by atomic mass is 9.98. The van der Waals surface area contributed by atoms with Crippen molar-refractivity contribution >= 4 is 44.0 Å². The summed E-state index contributed by atoms with van der Waals surface area (Å²) in [6.07, 6.45) is 2.10. The molecular formula is C16H24ClN3O2S2. The summed E-state index contributed by atoms with van der Waals surface area (Å²) in [4.78, 5) is 4.89. The van der Waals surface area contributed by atoms with Crippen molar-refractivity contribution in [2.45, 2.75) is 50.0 Å². The van der Waals surface area contributed by atoms with Crippen LogP contribution < -0.4 is 10.5 Å². The summed E-state index contributed by atoms with van der Waals surface area (Å²) >= 11 is 1.55. The Bertz CT molecular complexity index is 823. The molecule has 1 atom stereocenters. The molecule has 0 aliphatic heterocycles. The molecule has 1 aromatic heterocycles. The summed E-state index contributed by atoms with van der Waals surface area (Å²) in [7, 11) is -3.55. The van der Waals surface area contributed by atoms with Crippen molar-refractivity contribution < 1.29 is 8.42 Å². The number of nitrogens with one attached hydrogen (secondary N) is 1. The van der Waals surface area contributed by atoms with Crippen molar-refractivity contribution in [1.82, 2.24) is 9.71 Å². The van der Waals surface area contributed by atoms with Crippen molar-refractivity contribution in [3.8, 4) is 0 Å². The zero-order chi connectivity index (χ0) is 16.8. The van der Waals surface area contributed by atoms with Crippen molar-refractivity contribution in [2.75, 3.05) is 6.54 Å². The van der Waals surface area contributed by atoms with Crippen LogP contribution in [0.2, 0.25) is 0 Å². The number of thiazole rings is 1. The van der Waals surface area contributed by atoms with Crippen LogP contribution in [0, 0.1) is 5.92 Å². The minimum absolute atomic E-state index is 0. The summed E-state index contributed by atoms with van der Waals surface area (Å²) in [5, 5.41) is 1.01. The van der Waals surface area contributed by atoms with Gasteiger partial charge in [-0.05, 0) is 37.0 Å². The largest absolute Gasteiger partial charge is 0.329 e. The van der Waals surface area contributed by atoms with Crippen LogP contribution >= 0.6 is 23.7 Å². The third-order valence-electron chi connectivity index (χ3n) is 4.06. The molecule has 24 heavy (non-hydrogen) atoms. The van der Waals surface area contributed by atoms with Gasteiger partial charge in [0.15, 0.2) is 0 Å². The number of hydrogen-bond acceptors (Lipinski definition) is 5. The first kappa shape index (κ1) is 19.6. The molecule has 2 aromatic rings. The Balaban J connectivity index is 0.00000208. The topological polar surface area (TPSA) is 85.1 Å². The van der Waals surface area contributed by atoms with Gasteiger partial charge in [0.2, 0.25) is 10.0 Å². The maximum absolute atomic E-state index is 12.6. The predicted molar refractivity (Wildman–Crippen MR) is 101 cm³/mol. The Labute approximate surface area is 153 Å². The molecule has 1 aliphatic carbocycles. The fourth-order valence-electron chi connectivity index (χ4n) is 2.50. The van der Waals surface area contributed by atoms with Gasteiger partial charge in [-0.1, -0.05) is 20.8 Å². The monoisotopic (exact) mass is 389 g/mol. The number of nitrogens with zero attached hydrogens (tertiary/aromatic N) is 1. The number of sulfonamides is 1. The molecule has 1 fully saturated rings. The SMILES string of the molecule is CC(C)(C)c1nc2ccc(S(=O)(=O)NC(CN)C3CC3)cc2s1.Cl. The fourth-order valence-corrected chi connectivity index (χ4v) is 4.98. The van der Waals surface area contributed by atoms with Gasteiger partial charge in [-0.3, -0.25) is 0 Å². The molecule has 1 aromatic carbocycles. The highest BCUT2D eigenvalue weighted by molar-refractivity contribution is 7.89. The summed E-state index contributed by atoms with van der Waals surface area (Å²) in [6.45, 7) is 6.64. The van der Waals surface area contributed by atoms with E-state index in [1.165, 1.54) is 0 Å². The van der Waals surface area contributed by atoms with Crippen LogP contribution in [0.4, 0.5) is 0 Å². The minimum Gasteiger partial charge on any atom is -0.329 e. The van der Waals surface area contributed by atoms with Gasteiger partial charge in [-0.15, -0.1) is 23.7 Å². The molecular weight excluding hydrogens is 366 g/mol. The van der Waals surface area contributed by atoms with Crippen LogP contribution in [-0.4, -0.2) is 26.0 Å². The molecule has 3 N–H and O–H groups in total. The normalized spacial score (nSPS) is 16.8. The van der Waals surface area contributed by atoms with Crippen LogP contribution in [0.5, 0.6) is 0 Å². The molecule has 3 rings (SSSR count). The van der Waals surface area contributed by atoms with Crippen LogP contribution in [0.1, 0.15) is 38.6 Å². The van der Waals surface area contributed by atoms with E-state index in [0.717, 1.165) is 28.1 Å². The Hall–Kier alpha value is -0.730. The van der Waals surface area contributed by atoms with Gasteiger partial charge in [0, 0.05) is 18.0 Å². The van der Waals surface area contributed by atoms with Crippen molar-refractivity contribution in [3.05, 3.63) is 23.2 Å². The van der Waals surface area contributed by atoms with E-state index in [0.29, 0.717) is 12.5 Å². The van der Waals surface area contributed by atoms with Gasteiger partial charge < -0.3 is 5.73 Å². The van der Waals surface area contributed by atoms with Crippen LogP contribution in [0.25, 0.3) is 10.2 Å². The van der Waals surface area contributed by atoms with Gasteiger partial charge in [-0.2, -0.15) is 0 Å². The second-order valence-electron chi connectivity index (χ2n) is 7.20. The first-order valence-corrected chi connectivity index (χ1v) is 10.1. The Morgan fingerprint density at radius 1 is 1.38 bits per heavy atom. The quantitative estimate of drug-likeness (QED) is 0.822. The van der Waals surface area contributed by atoms with E-state index in [4.69, 9.17) is 5.73 Å². The summed E-state index contributed by atoms with van der Waals surface area (Å²) < 4.78 is 28.8. The van der Waals surface area contributed by atoms with E-state index in [2.05, 4.69) is 30.5 Å². The summed E-state index contributed by atoms with van der Waals surface area (Å²) in [5.74, 6) is 0.384. The van der Waals surface area contributed by atoms with Crippen LogP contribution in [0.15, 0.2) is 23.1 Å². The fraction of sp³-hybridized carbons (Fsp3) is 0.562. The van der Waals surface area contributed by atoms with Crippen LogP contribution in [-0.2, 0) is 15.4 Å². The van der Waals surface area contributed by atoms with Crippen molar-refractivity contribution in [2.24, 2.45) is 11.7 Å². The zero-order valence-electron chi connectivity index (χ0n) is 14.1. The average Bonchev–Trinajstić information content (AvgIpc) is 3.21. The third-order valence-corrected chi connectivity index (χ3v) is 6.99. The highest BCUT2D eigenvalue weighted by Gasteiger charge is 2.33. The molecule has 1 heterocycles. The summed E-state index contributed by atoms with van der Waals surface area (Å²) in [6, 6.07) is 4.95. The molecule has 134 valence electrons. The zero-order valence-corrected chi connectivity index (χ0v) is 16.5. The Morgan fingerprint density at radius 3 is 2.58 bits per heavy atom. The van der Waals surface area contributed by atoms with Gasteiger partial charge in [0.25, 0.3) is 0 Å². The lowest BCUT2D eigenvalue weighted by Crippen LogP contribution is -2.41. The molecule has 0 bridgehead atoms. The van der Waals surface area contributed by atoms with E-state index in [9.17, 15) is 8.42 Å². The van der Waals surface area contributed by atoms with Crippen molar-refractivity contribution in [3.63, 3.8) is 0 Å². The Kier molecular flexibility index (Phi) is 5.62. The Morgan fingerprint density at radius 2 is 2.04 bits per heavy atom. The maximum Gasteiger partial charge on any atom is 0.240 e. The van der Waals surface area contributed by atoms with E-state index >= 15 is 0 Å². The van der Waals surface area contributed by atoms with E-state index in [1.807, 2.05) is 0 Å². The van der Waals surface area contributed by atoms with E-state index < -0.39 is 10.0 Å². The van der Waals surface area contributed by atoms with Gasteiger partial charge in [0.05, 0.1) is 20.1 Å². The van der Waals surface area contributed by atoms with E-state index in [-0.39, 0.29) is 28.8 Å². The first-order chi connectivity index (χ1) is 10.7. The number of aromatic nitrogens is 1. The van der Waals surface area contributed by atoms with Gasteiger partial charge >= 0.3 is 0 Å². The lowest BCUT2D eigenvalue weighted by molar-refractivity contribution is 0.519. The van der Waals surface area contributed by atoms with Crippen LogP contribution in [0.3, 0.4) is 0 Å². The summed E-state index contributed by atoms with van der Waals surface area (Å²) in [5.41, 5.74) is 6.51. The van der Waals surface area contributed by atoms with Crippen molar-refractivity contribution in [1.29, 1.82) is 0 Å². The van der Waals surface area contributed by atoms with E-state index in [1.54, 1.807) is 29.5 Å². The standard InChI is InChI=1S/C16H23N3O2S2.ClH/c1-16(2,3)15-18-12-7-6-11(8-14(12)22-15)23(20,21)19-13(9-17)10-4-5-10;/h6-8,10,13,19H,4-5,9,17H2,1-3H3;1H.